The molecule has 34 heavy (non-hydrogen) atoms. The summed E-state index contributed by atoms with van der Waals surface area (Å²) in [6.07, 6.45) is 0.991. The number of nitro groups is 1. The van der Waals surface area contributed by atoms with Crippen LogP contribution in [0.25, 0.3) is 0 Å². The van der Waals surface area contributed by atoms with Crippen LogP contribution in [0.2, 0.25) is 0 Å². The number of ether oxygens (including phenoxy) is 2. The highest BCUT2D eigenvalue weighted by Gasteiger charge is 2.41. The van der Waals surface area contributed by atoms with Gasteiger partial charge in [-0.25, -0.2) is 4.79 Å². The van der Waals surface area contributed by atoms with Crippen molar-refractivity contribution in [2.24, 2.45) is 0 Å². The van der Waals surface area contributed by atoms with Crippen LogP contribution < -0.4 is 5.32 Å². The van der Waals surface area contributed by atoms with Gasteiger partial charge in [-0.3, -0.25) is 14.9 Å². The summed E-state index contributed by atoms with van der Waals surface area (Å²) in [5.41, 5.74) is 2.86. The van der Waals surface area contributed by atoms with E-state index < -0.39 is 16.8 Å². The molecule has 1 aromatic heterocycles. The molecule has 0 saturated heterocycles. The van der Waals surface area contributed by atoms with Crippen LogP contribution in [0.5, 0.6) is 0 Å². The van der Waals surface area contributed by atoms with Crippen molar-refractivity contribution in [1.82, 2.24) is 5.32 Å². The van der Waals surface area contributed by atoms with Crippen molar-refractivity contribution in [3.8, 4) is 0 Å². The third-order valence-corrected chi connectivity index (χ3v) is 7.13. The zero-order valence-corrected chi connectivity index (χ0v) is 19.9. The average Bonchev–Trinajstić information content (AvgIpc) is 3.36. The van der Waals surface area contributed by atoms with Crippen molar-refractivity contribution < 1.29 is 24.0 Å². The Hall–Kier alpha value is -3.30. The van der Waals surface area contributed by atoms with Crippen molar-refractivity contribution in [3.63, 3.8) is 0 Å². The Kier molecular flexibility index (Phi) is 7.23. The van der Waals surface area contributed by atoms with Gasteiger partial charge >= 0.3 is 5.97 Å². The fraction of sp³-hybridized carbons (Fsp3) is 0.360. The second-order valence-electron chi connectivity index (χ2n) is 8.21. The van der Waals surface area contributed by atoms with Crippen LogP contribution in [-0.2, 0) is 19.1 Å². The monoisotopic (exact) mass is 482 g/mol. The lowest BCUT2D eigenvalue weighted by atomic mass is 9.72. The molecule has 2 aliphatic rings. The van der Waals surface area contributed by atoms with Crippen LogP contribution in [0.4, 0.5) is 5.69 Å². The molecule has 0 saturated carbocycles. The summed E-state index contributed by atoms with van der Waals surface area (Å²) in [5.74, 6) is -1.16. The standard InChI is InChI=1S/C25H26N2O6S/c1-3-32-10-11-33-25(29)22-15(2)26-19-13-17(21-5-4-12-34-21)14-20(28)24(19)23(22)16-6-8-18(9-7-16)27(30)31/h4-9,12,17,23,26H,3,10-11,13-14H2,1-2H3/t17-,23-/m1/s1. The lowest BCUT2D eigenvalue weighted by molar-refractivity contribution is -0.384. The predicted octanol–water partition coefficient (Wildman–Crippen LogP) is 4.60. The number of nitrogens with zero attached hydrogens (tertiary/aromatic N) is 1. The molecule has 0 spiro atoms. The maximum atomic E-state index is 13.5. The van der Waals surface area contributed by atoms with Gasteiger partial charge in [-0.1, -0.05) is 18.2 Å². The SMILES string of the molecule is CCOCCOC(=O)C1=C(C)NC2=C(C(=O)C[C@H](c3cccs3)C2)[C@@H]1c1ccc([N+](=O)[O-])cc1. The summed E-state index contributed by atoms with van der Waals surface area (Å²) in [4.78, 5) is 38.4. The summed E-state index contributed by atoms with van der Waals surface area (Å²) in [6.45, 7) is 4.54. The number of carbonyl (C=O) groups is 2. The molecule has 0 fully saturated rings. The van der Waals surface area contributed by atoms with Gasteiger partial charge in [0.1, 0.15) is 6.61 Å². The minimum Gasteiger partial charge on any atom is -0.460 e. The first-order valence-electron chi connectivity index (χ1n) is 11.2. The third kappa shape index (κ3) is 4.80. The van der Waals surface area contributed by atoms with E-state index in [1.165, 1.54) is 12.1 Å². The van der Waals surface area contributed by atoms with Crippen molar-refractivity contribution in [2.45, 2.75) is 38.5 Å². The summed E-state index contributed by atoms with van der Waals surface area (Å²) >= 11 is 1.63. The minimum atomic E-state index is -0.659. The number of allylic oxidation sites excluding steroid dienone is 3. The lowest BCUT2D eigenvalue weighted by Gasteiger charge is -2.36. The number of ketones is 1. The van der Waals surface area contributed by atoms with E-state index >= 15 is 0 Å². The fourth-order valence-electron chi connectivity index (χ4n) is 4.57. The predicted molar refractivity (Wildman–Crippen MR) is 127 cm³/mol. The Bertz CT molecular complexity index is 1150. The zero-order chi connectivity index (χ0) is 24.2. The molecule has 178 valence electrons. The molecule has 8 nitrogen and oxygen atoms in total. The van der Waals surface area contributed by atoms with Crippen molar-refractivity contribution in [1.29, 1.82) is 0 Å². The maximum absolute atomic E-state index is 13.5. The Labute approximate surface area is 201 Å². The zero-order valence-electron chi connectivity index (χ0n) is 19.0. The number of hydrogen-bond acceptors (Lipinski definition) is 8. The highest BCUT2D eigenvalue weighted by atomic mass is 32.1. The highest BCUT2D eigenvalue weighted by molar-refractivity contribution is 7.10. The number of Topliss-reactive ketones (excluding diaryl/α,β-unsaturated/α-hetero) is 1. The Morgan fingerprint density at radius 2 is 1.97 bits per heavy atom. The molecular formula is C25H26N2O6S. The molecule has 0 unspecified atom stereocenters. The van der Waals surface area contributed by atoms with Gasteiger partial charge in [0.05, 0.1) is 17.1 Å². The molecule has 1 aromatic carbocycles. The number of benzene rings is 1. The molecular weight excluding hydrogens is 456 g/mol. The Morgan fingerprint density at radius 3 is 2.62 bits per heavy atom. The summed E-state index contributed by atoms with van der Waals surface area (Å²) in [5, 5.41) is 16.5. The van der Waals surface area contributed by atoms with E-state index in [0.717, 1.165) is 10.6 Å². The van der Waals surface area contributed by atoms with Gasteiger partial charge in [-0.15, -0.1) is 11.3 Å². The first kappa shape index (κ1) is 23.8. The lowest BCUT2D eigenvalue weighted by Crippen LogP contribution is -2.36. The Balaban J connectivity index is 1.72. The molecule has 2 aromatic rings. The number of nitro benzene ring substituents is 1. The number of hydrogen-bond donors (Lipinski definition) is 1. The van der Waals surface area contributed by atoms with Crippen LogP contribution in [0.3, 0.4) is 0 Å². The first-order chi connectivity index (χ1) is 16.4. The average molecular weight is 483 g/mol. The number of rotatable bonds is 8. The topological polar surface area (TPSA) is 108 Å². The van der Waals surface area contributed by atoms with Crippen LogP contribution in [-0.4, -0.2) is 36.5 Å². The highest BCUT2D eigenvalue weighted by Crippen LogP contribution is 2.46. The fourth-order valence-corrected chi connectivity index (χ4v) is 5.40. The molecule has 1 aliphatic carbocycles. The van der Waals surface area contributed by atoms with Gasteiger partial charge in [0, 0.05) is 58.8 Å². The summed E-state index contributed by atoms with van der Waals surface area (Å²) < 4.78 is 10.7. The van der Waals surface area contributed by atoms with Gasteiger partial charge < -0.3 is 14.8 Å². The smallest absolute Gasteiger partial charge is 0.336 e. The second kappa shape index (κ2) is 10.3. The third-order valence-electron chi connectivity index (χ3n) is 6.10. The van der Waals surface area contributed by atoms with Crippen LogP contribution in [0.1, 0.15) is 49.0 Å². The second-order valence-corrected chi connectivity index (χ2v) is 9.19. The minimum absolute atomic E-state index is 0.0392. The van der Waals surface area contributed by atoms with E-state index in [-0.39, 0.29) is 30.6 Å². The molecule has 0 amide bonds. The van der Waals surface area contributed by atoms with E-state index in [2.05, 4.69) is 5.32 Å². The Morgan fingerprint density at radius 1 is 1.21 bits per heavy atom. The van der Waals surface area contributed by atoms with Gasteiger partial charge in [0.25, 0.3) is 5.69 Å². The van der Waals surface area contributed by atoms with Gasteiger partial charge in [0.2, 0.25) is 0 Å². The van der Waals surface area contributed by atoms with Crippen molar-refractivity contribution in [2.75, 3.05) is 19.8 Å². The number of non-ortho nitro benzene ring substituents is 1. The maximum Gasteiger partial charge on any atom is 0.336 e. The van der Waals surface area contributed by atoms with Crippen LogP contribution in [0.15, 0.2) is 64.3 Å². The van der Waals surface area contributed by atoms with Crippen LogP contribution >= 0.6 is 11.3 Å². The quantitative estimate of drug-likeness (QED) is 0.254. The molecule has 1 aliphatic heterocycles. The number of nitrogens with one attached hydrogen (secondary N) is 1. The van der Waals surface area contributed by atoms with Gasteiger partial charge in [-0.05, 0) is 37.3 Å². The molecule has 9 heteroatoms. The van der Waals surface area contributed by atoms with E-state index in [1.807, 2.05) is 24.4 Å². The molecule has 0 radical (unpaired) electrons. The van der Waals surface area contributed by atoms with E-state index in [0.29, 0.717) is 41.9 Å². The molecule has 4 rings (SSSR count). The van der Waals surface area contributed by atoms with E-state index in [1.54, 1.807) is 30.4 Å². The van der Waals surface area contributed by atoms with E-state index in [9.17, 15) is 19.7 Å². The number of carbonyl (C=O) groups excluding carboxylic acids is 2. The molecule has 2 atom stereocenters. The van der Waals surface area contributed by atoms with Crippen molar-refractivity contribution >= 4 is 28.8 Å². The molecule has 1 N–H and O–H groups in total. The first-order valence-corrected chi connectivity index (χ1v) is 12.0. The largest absolute Gasteiger partial charge is 0.460 e. The number of dihydropyridines is 1. The van der Waals surface area contributed by atoms with Gasteiger partial charge in [0.15, 0.2) is 5.78 Å². The summed E-state index contributed by atoms with van der Waals surface area (Å²) in [6, 6.07) is 10.0. The number of thiophene rings is 1. The normalized spacial score (nSPS) is 20.1. The molecule has 0 bridgehead atoms. The van der Waals surface area contributed by atoms with Crippen molar-refractivity contribution in [3.05, 3.63) is 84.9 Å². The number of esters is 1. The molecule has 2 heterocycles. The van der Waals surface area contributed by atoms with Gasteiger partial charge in [-0.2, -0.15) is 0 Å². The van der Waals surface area contributed by atoms with E-state index in [4.69, 9.17) is 9.47 Å². The van der Waals surface area contributed by atoms with Crippen LogP contribution in [0, 0.1) is 10.1 Å². The summed E-state index contributed by atoms with van der Waals surface area (Å²) in [7, 11) is 0.